The van der Waals surface area contributed by atoms with Crippen LogP contribution in [0.25, 0.3) is 11.2 Å². The van der Waals surface area contributed by atoms with Gasteiger partial charge in [-0.25, -0.2) is 4.98 Å². The lowest BCUT2D eigenvalue weighted by atomic mass is 10.5. The number of aromatic nitrogens is 4. The number of imidazole rings is 1. The van der Waals surface area contributed by atoms with E-state index in [0.29, 0.717) is 17.6 Å². The number of rotatable bonds is 2. The minimum absolute atomic E-state index is 0.0176. The number of hydrogen-bond acceptors (Lipinski definition) is 7. The quantitative estimate of drug-likeness (QED) is 0.513. The van der Waals surface area contributed by atoms with E-state index in [0.717, 1.165) is 0 Å². The summed E-state index contributed by atoms with van der Waals surface area (Å²) in [5, 5.41) is 18.8. The Labute approximate surface area is 112 Å². The summed E-state index contributed by atoms with van der Waals surface area (Å²) in [6.07, 6.45) is 0.0169. The third-order valence-electron chi connectivity index (χ3n) is 3.12. The third kappa shape index (κ3) is 2.02. The predicted molar refractivity (Wildman–Crippen MR) is 66.4 cm³/mol. The van der Waals surface area contributed by atoms with Gasteiger partial charge in [-0.15, -0.1) is 0 Å². The molecule has 1 aliphatic rings. The molecule has 2 aromatic rings. The molecule has 0 amide bonds. The summed E-state index contributed by atoms with van der Waals surface area (Å²) in [6.45, 7) is -0.248. The van der Waals surface area contributed by atoms with Gasteiger partial charge in [-0.3, -0.25) is 4.57 Å². The van der Waals surface area contributed by atoms with Crippen molar-refractivity contribution in [1.29, 1.82) is 0 Å². The predicted octanol–water partition coefficient (Wildman–Crippen LogP) is -0.297. The van der Waals surface area contributed by atoms with Crippen LogP contribution in [0.3, 0.4) is 0 Å². The van der Waals surface area contributed by atoms with Crippen LogP contribution in [0, 0.1) is 0 Å². The Hall–Kier alpha value is -1.48. The van der Waals surface area contributed by atoms with Crippen molar-refractivity contribution < 1.29 is 14.9 Å². The normalized spacial score (nSPS) is 27.2. The number of aliphatic hydroxyl groups is 2. The summed E-state index contributed by atoms with van der Waals surface area (Å²) in [5.74, 6) is 0.186. The Morgan fingerprint density at radius 1 is 1.53 bits per heavy atom. The van der Waals surface area contributed by atoms with Gasteiger partial charge >= 0.3 is 0 Å². The molecule has 8 nitrogen and oxygen atoms in total. The van der Waals surface area contributed by atoms with Crippen molar-refractivity contribution in [3.8, 4) is 0 Å². The number of aliphatic hydroxyl groups excluding tert-OH is 2. The van der Waals surface area contributed by atoms with E-state index in [-0.39, 0.29) is 17.7 Å². The third-order valence-corrected chi connectivity index (χ3v) is 3.28. The number of nitrogens with two attached hydrogens (primary N) is 1. The van der Waals surface area contributed by atoms with Gasteiger partial charge in [0.05, 0.1) is 19.0 Å². The van der Waals surface area contributed by atoms with E-state index in [1.165, 1.54) is 6.33 Å². The largest absolute Gasteiger partial charge is 0.394 e. The van der Waals surface area contributed by atoms with Crippen molar-refractivity contribution in [3.63, 3.8) is 0 Å². The van der Waals surface area contributed by atoms with Crippen LogP contribution in [0.5, 0.6) is 0 Å². The maximum Gasteiger partial charge on any atom is 0.226 e. The second-order valence-electron chi connectivity index (χ2n) is 4.32. The summed E-state index contributed by atoms with van der Waals surface area (Å²) < 4.78 is 7.16. The van der Waals surface area contributed by atoms with Gasteiger partial charge in [-0.05, 0) is 11.6 Å². The number of hydrogen-bond donors (Lipinski definition) is 3. The SMILES string of the molecule is Nc1nc(Cl)nc2c1ncn2[13C@H]1[13CH2][13C@H](O)[13C@@H]([13CH2]O)O1. The molecule has 0 spiro atoms. The molecular weight excluding hydrogens is 279 g/mol. The maximum absolute atomic E-state index is 9.74. The van der Waals surface area contributed by atoms with E-state index in [4.69, 9.17) is 27.2 Å². The first-order chi connectivity index (χ1) is 9.10. The molecule has 0 bridgehead atoms. The standard InChI is InChI=1S/C10H12ClN5O3/c11-10-14-8(12)7-9(15-10)16(3-13-7)6-1-4(18)5(2-17)19-6/h3-6,17-18H,1-2H2,(H2,12,14,15)/t4-,5+,6+/m0/s1/i1+1,2+1,4+1,5+1,6+1. The summed E-state index contributed by atoms with van der Waals surface area (Å²) in [4.78, 5) is 12.0. The van der Waals surface area contributed by atoms with Crippen LogP contribution < -0.4 is 5.73 Å². The molecular formula is C10H12ClN5O3. The summed E-state index contributed by atoms with van der Waals surface area (Å²) >= 11 is 5.77. The molecule has 0 aromatic carbocycles. The lowest BCUT2D eigenvalue weighted by Gasteiger charge is -2.13. The lowest BCUT2D eigenvalue weighted by Crippen LogP contribution is -2.24. The number of fused-ring (bicyclic) bond motifs is 1. The highest BCUT2D eigenvalue weighted by Gasteiger charge is 2.35. The molecule has 0 saturated carbocycles. The Bertz CT molecular complexity index is 618. The Morgan fingerprint density at radius 3 is 3.00 bits per heavy atom. The zero-order valence-electron chi connectivity index (χ0n) is 9.77. The first kappa shape index (κ1) is 12.5. The van der Waals surface area contributed by atoms with Crippen molar-refractivity contribution in [2.75, 3.05) is 12.3 Å². The summed E-state index contributed by atoms with van der Waals surface area (Å²) in [6, 6.07) is 0. The van der Waals surface area contributed by atoms with Crippen LogP contribution in [0.4, 0.5) is 5.82 Å². The summed E-state index contributed by atoms with van der Waals surface area (Å²) in [5.41, 5.74) is 6.57. The number of ether oxygens (including phenoxy) is 1. The zero-order chi connectivity index (χ0) is 13.6. The maximum atomic E-state index is 9.74. The van der Waals surface area contributed by atoms with Crippen LogP contribution in [-0.2, 0) is 4.74 Å². The molecule has 0 aliphatic carbocycles. The fourth-order valence-electron chi connectivity index (χ4n) is 2.17. The topological polar surface area (TPSA) is 119 Å². The lowest BCUT2D eigenvalue weighted by molar-refractivity contribution is -0.0432. The zero-order valence-corrected chi connectivity index (χ0v) is 10.5. The van der Waals surface area contributed by atoms with E-state index >= 15 is 0 Å². The number of halogens is 1. The van der Waals surface area contributed by atoms with Crippen molar-refractivity contribution in [3.05, 3.63) is 11.6 Å². The smallest absolute Gasteiger partial charge is 0.226 e. The molecule has 3 atom stereocenters. The van der Waals surface area contributed by atoms with Gasteiger partial charge < -0.3 is 20.7 Å². The molecule has 1 saturated heterocycles. The van der Waals surface area contributed by atoms with Crippen LogP contribution in [-0.4, -0.2) is 48.5 Å². The molecule has 1 fully saturated rings. The molecule has 0 radical (unpaired) electrons. The van der Waals surface area contributed by atoms with Gasteiger partial charge in [0, 0.05) is 6.42 Å². The number of nitrogen functional groups attached to an aromatic ring is 1. The molecule has 2 aromatic heterocycles. The van der Waals surface area contributed by atoms with Gasteiger partial charge in [0.2, 0.25) is 5.28 Å². The van der Waals surface area contributed by atoms with Crippen LogP contribution in [0.15, 0.2) is 6.33 Å². The number of nitrogens with zero attached hydrogens (tertiary/aromatic N) is 4. The Morgan fingerprint density at radius 2 is 2.32 bits per heavy atom. The van der Waals surface area contributed by atoms with Crippen molar-refractivity contribution in [2.45, 2.75) is 24.9 Å². The first-order valence-electron chi connectivity index (χ1n) is 5.70. The van der Waals surface area contributed by atoms with Gasteiger partial charge in [-0.1, -0.05) is 0 Å². The molecule has 9 heteroatoms. The second kappa shape index (κ2) is 4.57. The van der Waals surface area contributed by atoms with Crippen molar-refractivity contribution in [1.82, 2.24) is 19.5 Å². The van der Waals surface area contributed by atoms with Crippen LogP contribution in [0.1, 0.15) is 12.6 Å². The van der Waals surface area contributed by atoms with E-state index in [2.05, 4.69) is 15.0 Å². The second-order valence-corrected chi connectivity index (χ2v) is 4.65. The van der Waals surface area contributed by atoms with Gasteiger partial charge in [0.1, 0.15) is 17.8 Å². The Kier molecular flexibility index (Phi) is 3.02. The molecule has 0 unspecified atom stereocenters. The molecule has 19 heavy (non-hydrogen) atoms. The fraction of sp³-hybridized carbons (Fsp3) is 0.500. The highest BCUT2D eigenvalue weighted by atomic mass is 35.5. The van der Waals surface area contributed by atoms with Crippen molar-refractivity contribution >= 4 is 28.6 Å². The van der Waals surface area contributed by atoms with Crippen LogP contribution in [0.2, 0.25) is 5.28 Å². The molecule has 1 aliphatic heterocycles. The molecule has 3 heterocycles. The monoisotopic (exact) mass is 290 g/mol. The van der Waals surface area contributed by atoms with Crippen molar-refractivity contribution in [2.24, 2.45) is 0 Å². The fourth-order valence-corrected chi connectivity index (χ4v) is 2.34. The van der Waals surface area contributed by atoms with E-state index in [1.807, 2.05) is 0 Å². The van der Waals surface area contributed by atoms with Gasteiger partial charge in [-0.2, -0.15) is 9.97 Å². The van der Waals surface area contributed by atoms with Gasteiger partial charge in [0.25, 0.3) is 0 Å². The highest BCUT2D eigenvalue weighted by Crippen LogP contribution is 2.31. The van der Waals surface area contributed by atoms with Gasteiger partial charge in [0.15, 0.2) is 11.5 Å². The number of anilines is 1. The highest BCUT2D eigenvalue weighted by molar-refractivity contribution is 6.28. The molecule has 4 N–H and O–H groups in total. The minimum Gasteiger partial charge on any atom is -0.394 e. The molecule has 3 rings (SSSR count). The van der Waals surface area contributed by atoms with E-state index in [1.54, 1.807) is 4.57 Å². The minimum atomic E-state index is -0.734. The van der Waals surface area contributed by atoms with Crippen LogP contribution >= 0.6 is 11.6 Å². The average molecular weight is 291 g/mol. The first-order valence-corrected chi connectivity index (χ1v) is 6.08. The van der Waals surface area contributed by atoms with E-state index < -0.39 is 18.4 Å². The van der Waals surface area contributed by atoms with E-state index in [9.17, 15) is 5.11 Å². The Balaban J connectivity index is 2.02. The average Bonchev–Trinajstić information content (AvgIpc) is 2.92. The molecule has 102 valence electrons. The summed E-state index contributed by atoms with van der Waals surface area (Å²) in [7, 11) is 0.